The van der Waals surface area contributed by atoms with Crippen LogP contribution in [-0.2, 0) is 4.74 Å². The molecule has 0 aliphatic carbocycles. The molecule has 2 aromatic rings. The second kappa shape index (κ2) is 5.15. The molecule has 0 N–H and O–H groups in total. The van der Waals surface area contributed by atoms with Gasteiger partial charge in [0.2, 0.25) is 0 Å². The van der Waals surface area contributed by atoms with E-state index < -0.39 is 0 Å². The Morgan fingerprint density at radius 1 is 1.21 bits per heavy atom. The summed E-state index contributed by atoms with van der Waals surface area (Å²) < 4.78 is 5.27. The van der Waals surface area contributed by atoms with Crippen molar-refractivity contribution >= 4 is 28.4 Å². The predicted molar refractivity (Wildman–Crippen MR) is 73.5 cm³/mol. The van der Waals surface area contributed by atoms with E-state index in [1.54, 1.807) is 6.07 Å². The number of hydrogen-bond acceptors (Lipinski definition) is 3. The lowest BCUT2D eigenvalue weighted by Crippen LogP contribution is -2.40. The SMILES string of the molecule is O=C(c1cccc2nc(Cl)ccc12)N1CCOCC1. The van der Waals surface area contributed by atoms with E-state index in [1.807, 2.05) is 29.2 Å². The summed E-state index contributed by atoms with van der Waals surface area (Å²) in [5.74, 6) is 0.0259. The van der Waals surface area contributed by atoms with Crippen LogP contribution in [0.5, 0.6) is 0 Å². The van der Waals surface area contributed by atoms with Crippen LogP contribution in [0.15, 0.2) is 30.3 Å². The number of nitrogens with zero attached hydrogens (tertiary/aromatic N) is 2. The molecule has 2 heterocycles. The van der Waals surface area contributed by atoms with Crippen molar-refractivity contribution in [1.82, 2.24) is 9.88 Å². The van der Waals surface area contributed by atoms with Crippen LogP contribution in [0.4, 0.5) is 0 Å². The third-order valence-corrected chi connectivity index (χ3v) is 3.44. The van der Waals surface area contributed by atoms with Crippen molar-refractivity contribution in [3.05, 3.63) is 41.0 Å². The number of ether oxygens (including phenoxy) is 1. The van der Waals surface area contributed by atoms with Gasteiger partial charge in [-0.1, -0.05) is 17.7 Å². The third kappa shape index (κ3) is 2.41. The van der Waals surface area contributed by atoms with E-state index in [-0.39, 0.29) is 5.91 Å². The van der Waals surface area contributed by atoms with Crippen molar-refractivity contribution in [1.29, 1.82) is 0 Å². The number of morpholine rings is 1. The average molecular weight is 277 g/mol. The van der Waals surface area contributed by atoms with Crippen LogP contribution in [0.25, 0.3) is 10.9 Å². The maximum atomic E-state index is 12.5. The molecule has 1 fully saturated rings. The van der Waals surface area contributed by atoms with Gasteiger partial charge in [0.05, 0.1) is 18.7 Å². The molecule has 0 bridgehead atoms. The molecule has 1 aromatic heterocycles. The van der Waals surface area contributed by atoms with Gasteiger partial charge in [-0.05, 0) is 24.3 Å². The summed E-state index contributed by atoms with van der Waals surface area (Å²) in [6, 6.07) is 9.07. The first kappa shape index (κ1) is 12.4. The van der Waals surface area contributed by atoms with E-state index in [9.17, 15) is 4.79 Å². The predicted octanol–water partition coefficient (Wildman–Crippen LogP) is 2.36. The number of rotatable bonds is 1. The van der Waals surface area contributed by atoms with Crippen molar-refractivity contribution in [3.63, 3.8) is 0 Å². The zero-order valence-electron chi connectivity index (χ0n) is 10.3. The number of amides is 1. The monoisotopic (exact) mass is 276 g/mol. The number of benzene rings is 1. The van der Waals surface area contributed by atoms with Crippen LogP contribution >= 0.6 is 11.6 Å². The van der Waals surface area contributed by atoms with Gasteiger partial charge in [0.15, 0.2) is 0 Å². The Hall–Kier alpha value is -1.65. The molecule has 19 heavy (non-hydrogen) atoms. The summed E-state index contributed by atoms with van der Waals surface area (Å²) >= 11 is 5.88. The van der Waals surface area contributed by atoms with Gasteiger partial charge in [-0.25, -0.2) is 4.98 Å². The Morgan fingerprint density at radius 2 is 2.00 bits per heavy atom. The van der Waals surface area contributed by atoms with Crippen LogP contribution in [-0.4, -0.2) is 42.1 Å². The molecule has 5 heteroatoms. The Balaban J connectivity index is 2.02. The van der Waals surface area contributed by atoms with Gasteiger partial charge in [0.25, 0.3) is 5.91 Å². The van der Waals surface area contributed by atoms with Crippen LogP contribution in [0.2, 0.25) is 5.15 Å². The Morgan fingerprint density at radius 3 is 2.79 bits per heavy atom. The largest absolute Gasteiger partial charge is 0.378 e. The van der Waals surface area contributed by atoms with Crippen LogP contribution in [0.1, 0.15) is 10.4 Å². The molecule has 1 aromatic carbocycles. The topological polar surface area (TPSA) is 42.4 Å². The molecule has 4 nitrogen and oxygen atoms in total. The lowest BCUT2D eigenvalue weighted by molar-refractivity contribution is 0.0304. The number of hydrogen-bond donors (Lipinski definition) is 0. The minimum absolute atomic E-state index is 0.0259. The highest BCUT2D eigenvalue weighted by molar-refractivity contribution is 6.29. The van der Waals surface area contributed by atoms with E-state index in [0.717, 1.165) is 10.9 Å². The lowest BCUT2D eigenvalue weighted by Gasteiger charge is -2.27. The van der Waals surface area contributed by atoms with Crippen molar-refractivity contribution in [2.75, 3.05) is 26.3 Å². The highest BCUT2D eigenvalue weighted by Gasteiger charge is 2.20. The fourth-order valence-corrected chi connectivity index (χ4v) is 2.41. The number of fused-ring (bicyclic) bond motifs is 1. The van der Waals surface area contributed by atoms with Crippen LogP contribution in [0, 0.1) is 0 Å². The molecule has 0 saturated carbocycles. The van der Waals surface area contributed by atoms with Gasteiger partial charge >= 0.3 is 0 Å². The van der Waals surface area contributed by atoms with Gasteiger partial charge < -0.3 is 9.64 Å². The number of aromatic nitrogens is 1. The molecule has 0 atom stereocenters. The second-order valence-electron chi connectivity index (χ2n) is 4.41. The van der Waals surface area contributed by atoms with Gasteiger partial charge in [0, 0.05) is 24.0 Å². The molecule has 0 radical (unpaired) electrons. The first-order valence-electron chi connectivity index (χ1n) is 6.18. The summed E-state index contributed by atoms with van der Waals surface area (Å²) in [5, 5.41) is 1.27. The standard InChI is InChI=1S/C14H13ClN2O2/c15-13-5-4-10-11(2-1-3-12(10)16-13)14(18)17-6-8-19-9-7-17/h1-5H,6-9H2. The summed E-state index contributed by atoms with van der Waals surface area (Å²) in [6.45, 7) is 2.47. The molecule has 1 aliphatic rings. The lowest BCUT2D eigenvalue weighted by atomic mass is 10.1. The highest BCUT2D eigenvalue weighted by atomic mass is 35.5. The summed E-state index contributed by atoms with van der Waals surface area (Å²) in [6.07, 6.45) is 0. The number of pyridine rings is 1. The molecule has 1 aliphatic heterocycles. The molecular weight excluding hydrogens is 264 g/mol. The van der Waals surface area contributed by atoms with E-state index in [1.165, 1.54) is 0 Å². The molecule has 98 valence electrons. The fourth-order valence-electron chi connectivity index (χ4n) is 2.25. The molecule has 3 rings (SSSR count). The zero-order chi connectivity index (χ0) is 13.2. The highest BCUT2D eigenvalue weighted by Crippen LogP contribution is 2.21. The van der Waals surface area contributed by atoms with Crippen molar-refractivity contribution in [2.45, 2.75) is 0 Å². The average Bonchev–Trinajstić information content (AvgIpc) is 2.46. The van der Waals surface area contributed by atoms with Crippen molar-refractivity contribution in [2.24, 2.45) is 0 Å². The zero-order valence-corrected chi connectivity index (χ0v) is 11.1. The maximum Gasteiger partial charge on any atom is 0.254 e. The number of carbonyl (C=O) groups is 1. The summed E-state index contributed by atoms with van der Waals surface area (Å²) in [7, 11) is 0. The quantitative estimate of drug-likeness (QED) is 0.751. The van der Waals surface area contributed by atoms with E-state index >= 15 is 0 Å². The number of halogens is 1. The van der Waals surface area contributed by atoms with E-state index in [4.69, 9.17) is 16.3 Å². The van der Waals surface area contributed by atoms with Gasteiger partial charge in [-0.2, -0.15) is 0 Å². The minimum atomic E-state index is 0.0259. The molecular formula is C14H13ClN2O2. The second-order valence-corrected chi connectivity index (χ2v) is 4.80. The Bertz CT molecular complexity index is 624. The summed E-state index contributed by atoms with van der Waals surface area (Å²) in [5.41, 5.74) is 1.41. The first-order valence-corrected chi connectivity index (χ1v) is 6.56. The Labute approximate surface area is 115 Å². The van der Waals surface area contributed by atoms with Gasteiger partial charge in [-0.3, -0.25) is 4.79 Å². The van der Waals surface area contributed by atoms with Crippen molar-refractivity contribution < 1.29 is 9.53 Å². The van der Waals surface area contributed by atoms with Crippen molar-refractivity contribution in [3.8, 4) is 0 Å². The first-order chi connectivity index (χ1) is 9.25. The normalized spacial score (nSPS) is 15.7. The maximum absolute atomic E-state index is 12.5. The smallest absolute Gasteiger partial charge is 0.254 e. The van der Waals surface area contributed by atoms with Crippen LogP contribution in [0.3, 0.4) is 0 Å². The number of carbonyl (C=O) groups excluding carboxylic acids is 1. The molecule has 1 saturated heterocycles. The summed E-state index contributed by atoms with van der Waals surface area (Å²) in [4.78, 5) is 18.6. The van der Waals surface area contributed by atoms with E-state index in [0.29, 0.717) is 37.0 Å². The minimum Gasteiger partial charge on any atom is -0.378 e. The van der Waals surface area contributed by atoms with Gasteiger partial charge in [0.1, 0.15) is 5.15 Å². The van der Waals surface area contributed by atoms with E-state index in [2.05, 4.69) is 4.98 Å². The fraction of sp³-hybridized carbons (Fsp3) is 0.286. The Kier molecular flexibility index (Phi) is 3.36. The van der Waals surface area contributed by atoms with Gasteiger partial charge in [-0.15, -0.1) is 0 Å². The molecule has 0 unspecified atom stereocenters. The molecule has 0 spiro atoms. The third-order valence-electron chi connectivity index (χ3n) is 3.23. The molecule has 1 amide bonds. The van der Waals surface area contributed by atoms with Crippen LogP contribution < -0.4 is 0 Å².